The molecule has 1 saturated heterocycles. The first-order valence-corrected chi connectivity index (χ1v) is 14.1. The normalized spacial score (nSPS) is 15.5. The fourth-order valence-corrected chi connectivity index (χ4v) is 5.54. The molecule has 5 nitrogen and oxygen atoms in total. The molecule has 0 unspecified atom stereocenters. The number of nitrogens with one attached hydrogen (secondary N) is 3. The highest BCUT2D eigenvalue weighted by atomic mass is 16.2. The molecule has 3 aromatic carbocycles. The van der Waals surface area contributed by atoms with Gasteiger partial charge in [0.25, 0.3) is 0 Å². The monoisotopic (exact) mass is 511 g/mol. The van der Waals surface area contributed by atoms with Gasteiger partial charge in [-0.3, -0.25) is 9.59 Å². The molecule has 0 bridgehead atoms. The summed E-state index contributed by atoms with van der Waals surface area (Å²) in [5, 5.41) is 9.63. The third-order valence-electron chi connectivity index (χ3n) is 7.62. The molecule has 200 valence electrons. The van der Waals surface area contributed by atoms with Crippen molar-refractivity contribution in [3.63, 3.8) is 0 Å². The second kappa shape index (κ2) is 14.5. The Morgan fingerprint density at radius 3 is 1.84 bits per heavy atom. The minimum absolute atomic E-state index is 0.0281. The Kier molecular flexibility index (Phi) is 10.5. The molecule has 0 radical (unpaired) electrons. The second-order valence-electron chi connectivity index (χ2n) is 10.4. The number of carbonyl (C=O) groups excluding carboxylic acids is 2. The summed E-state index contributed by atoms with van der Waals surface area (Å²) < 4.78 is 0. The number of unbranched alkanes of at least 4 members (excludes halogenated alkanes) is 2. The zero-order chi connectivity index (χ0) is 26.5. The lowest BCUT2D eigenvalue weighted by Gasteiger charge is -2.35. The van der Waals surface area contributed by atoms with E-state index < -0.39 is 5.41 Å². The van der Waals surface area contributed by atoms with Crippen molar-refractivity contribution in [2.45, 2.75) is 50.4 Å². The number of hydrogen-bond acceptors (Lipinski definition) is 3. The molecule has 1 aliphatic heterocycles. The molecule has 0 spiro atoms. The molecule has 1 heterocycles. The standard InChI is InChI=1S/C33H41N3O2/c37-31(36-26-27-14-13-22-34-25-27)21-11-4-12-23-35-32(38)24-33(28-15-5-1-6-16-28,29-17-7-2-8-18-29)30-19-9-3-10-20-30/h1-3,5-10,15-20,27,34H,4,11-14,21-26H2,(H,35,38)(H,36,37)/t27-/m0/s1. The number of rotatable bonds is 13. The van der Waals surface area contributed by atoms with Gasteiger partial charge in [0.1, 0.15) is 0 Å². The minimum Gasteiger partial charge on any atom is -0.356 e. The van der Waals surface area contributed by atoms with Crippen LogP contribution in [0.3, 0.4) is 0 Å². The average molecular weight is 512 g/mol. The second-order valence-corrected chi connectivity index (χ2v) is 10.4. The molecule has 4 rings (SSSR count). The van der Waals surface area contributed by atoms with E-state index in [-0.39, 0.29) is 11.8 Å². The summed E-state index contributed by atoms with van der Waals surface area (Å²) in [5.74, 6) is 0.719. The van der Waals surface area contributed by atoms with Gasteiger partial charge >= 0.3 is 0 Å². The summed E-state index contributed by atoms with van der Waals surface area (Å²) in [7, 11) is 0. The molecule has 3 N–H and O–H groups in total. The lowest BCUT2D eigenvalue weighted by molar-refractivity contribution is -0.122. The minimum atomic E-state index is -0.584. The predicted molar refractivity (Wildman–Crippen MR) is 154 cm³/mol. The number of amides is 2. The van der Waals surface area contributed by atoms with E-state index in [2.05, 4.69) is 52.3 Å². The van der Waals surface area contributed by atoms with Crippen LogP contribution in [-0.2, 0) is 15.0 Å². The fraction of sp³-hybridized carbons (Fsp3) is 0.394. The predicted octanol–water partition coefficient (Wildman–Crippen LogP) is 5.20. The molecule has 2 amide bonds. The molecule has 1 fully saturated rings. The van der Waals surface area contributed by atoms with E-state index in [4.69, 9.17) is 0 Å². The van der Waals surface area contributed by atoms with Crippen molar-refractivity contribution >= 4 is 11.8 Å². The van der Waals surface area contributed by atoms with E-state index in [1.807, 2.05) is 54.6 Å². The summed E-state index contributed by atoms with van der Waals surface area (Å²) in [6.07, 6.45) is 5.87. The third kappa shape index (κ3) is 7.55. The zero-order valence-electron chi connectivity index (χ0n) is 22.3. The third-order valence-corrected chi connectivity index (χ3v) is 7.62. The van der Waals surface area contributed by atoms with Gasteiger partial charge in [-0.05, 0) is 61.4 Å². The number of benzene rings is 3. The van der Waals surface area contributed by atoms with Crippen LogP contribution in [0.2, 0.25) is 0 Å². The zero-order valence-corrected chi connectivity index (χ0v) is 22.3. The lowest BCUT2D eigenvalue weighted by atomic mass is 9.67. The van der Waals surface area contributed by atoms with Crippen LogP contribution in [0.15, 0.2) is 91.0 Å². The molecule has 38 heavy (non-hydrogen) atoms. The van der Waals surface area contributed by atoms with Crippen LogP contribution in [-0.4, -0.2) is 38.0 Å². The highest BCUT2D eigenvalue weighted by molar-refractivity contribution is 5.80. The van der Waals surface area contributed by atoms with Crippen molar-refractivity contribution in [1.29, 1.82) is 0 Å². The van der Waals surface area contributed by atoms with Gasteiger partial charge in [-0.15, -0.1) is 0 Å². The highest BCUT2D eigenvalue weighted by Crippen LogP contribution is 2.42. The maximum Gasteiger partial charge on any atom is 0.221 e. The van der Waals surface area contributed by atoms with Gasteiger partial charge in [-0.1, -0.05) is 97.4 Å². The van der Waals surface area contributed by atoms with E-state index in [0.717, 1.165) is 55.6 Å². The SMILES string of the molecule is O=C(CCCCCNC(=O)CC(c1ccccc1)(c1ccccc1)c1ccccc1)NC[C@H]1CCCNC1. The summed E-state index contributed by atoms with van der Waals surface area (Å²) in [5.41, 5.74) is 2.72. The topological polar surface area (TPSA) is 70.2 Å². The first-order chi connectivity index (χ1) is 18.7. The molecular weight excluding hydrogens is 470 g/mol. The molecule has 1 atom stereocenters. The van der Waals surface area contributed by atoms with Gasteiger partial charge < -0.3 is 16.0 Å². The summed E-state index contributed by atoms with van der Waals surface area (Å²) in [4.78, 5) is 25.6. The molecule has 3 aromatic rings. The van der Waals surface area contributed by atoms with Crippen LogP contribution >= 0.6 is 0 Å². The molecule has 5 heteroatoms. The van der Waals surface area contributed by atoms with Crippen molar-refractivity contribution in [2.24, 2.45) is 5.92 Å². The summed E-state index contributed by atoms with van der Waals surface area (Å²) in [6, 6.07) is 30.9. The Morgan fingerprint density at radius 1 is 0.737 bits per heavy atom. The van der Waals surface area contributed by atoms with E-state index >= 15 is 0 Å². The Balaban J connectivity index is 1.31. The van der Waals surface area contributed by atoms with E-state index in [9.17, 15) is 9.59 Å². The van der Waals surface area contributed by atoms with Crippen LogP contribution in [0.4, 0.5) is 0 Å². The first-order valence-electron chi connectivity index (χ1n) is 14.1. The maximum absolute atomic E-state index is 13.4. The van der Waals surface area contributed by atoms with Crippen LogP contribution in [0.25, 0.3) is 0 Å². The largest absolute Gasteiger partial charge is 0.356 e. The molecule has 0 saturated carbocycles. The van der Waals surface area contributed by atoms with E-state index in [1.54, 1.807) is 0 Å². The highest BCUT2D eigenvalue weighted by Gasteiger charge is 2.38. The smallest absolute Gasteiger partial charge is 0.221 e. The van der Waals surface area contributed by atoms with Gasteiger partial charge in [0.15, 0.2) is 0 Å². The van der Waals surface area contributed by atoms with Crippen molar-refractivity contribution in [2.75, 3.05) is 26.2 Å². The van der Waals surface area contributed by atoms with Crippen LogP contribution < -0.4 is 16.0 Å². The number of carbonyl (C=O) groups is 2. The quantitative estimate of drug-likeness (QED) is 0.218. The van der Waals surface area contributed by atoms with Gasteiger partial charge in [-0.2, -0.15) is 0 Å². The van der Waals surface area contributed by atoms with Gasteiger partial charge in [0.2, 0.25) is 11.8 Å². The average Bonchev–Trinajstić information content (AvgIpc) is 2.98. The molecule has 0 aromatic heterocycles. The van der Waals surface area contributed by atoms with Crippen molar-refractivity contribution in [3.05, 3.63) is 108 Å². The van der Waals surface area contributed by atoms with Gasteiger partial charge in [0.05, 0.1) is 5.41 Å². The van der Waals surface area contributed by atoms with E-state index in [1.165, 1.54) is 12.8 Å². The molecular formula is C33H41N3O2. The Labute approximate surface area is 227 Å². The fourth-order valence-electron chi connectivity index (χ4n) is 5.54. The van der Waals surface area contributed by atoms with Crippen molar-refractivity contribution in [1.82, 2.24) is 16.0 Å². The van der Waals surface area contributed by atoms with Gasteiger partial charge in [0, 0.05) is 25.9 Å². The van der Waals surface area contributed by atoms with Gasteiger partial charge in [-0.25, -0.2) is 0 Å². The van der Waals surface area contributed by atoms with Crippen LogP contribution in [0, 0.1) is 5.92 Å². The Hall–Kier alpha value is -3.44. The van der Waals surface area contributed by atoms with Crippen LogP contribution in [0.1, 0.15) is 61.6 Å². The molecule has 1 aliphatic rings. The Bertz CT molecular complexity index is 1020. The number of hydrogen-bond donors (Lipinski definition) is 3. The Morgan fingerprint density at radius 2 is 1.32 bits per heavy atom. The van der Waals surface area contributed by atoms with Crippen molar-refractivity contribution in [3.8, 4) is 0 Å². The lowest BCUT2D eigenvalue weighted by Crippen LogP contribution is -2.38. The number of piperidine rings is 1. The first kappa shape index (κ1) is 27.6. The summed E-state index contributed by atoms with van der Waals surface area (Å²) >= 11 is 0. The summed E-state index contributed by atoms with van der Waals surface area (Å²) in [6.45, 7) is 3.48. The van der Waals surface area contributed by atoms with E-state index in [0.29, 0.717) is 25.3 Å². The maximum atomic E-state index is 13.4. The molecule has 0 aliphatic carbocycles. The van der Waals surface area contributed by atoms with Crippen molar-refractivity contribution < 1.29 is 9.59 Å². The van der Waals surface area contributed by atoms with Crippen LogP contribution in [0.5, 0.6) is 0 Å².